The average Bonchev–Trinajstić information content (AvgIpc) is 2.63. The largest absolute Gasteiger partial charge is 0.496 e. The van der Waals surface area contributed by atoms with Crippen LogP contribution in [0.5, 0.6) is 5.75 Å². The van der Waals surface area contributed by atoms with Gasteiger partial charge in [-0.05, 0) is 18.2 Å². The van der Waals surface area contributed by atoms with Crippen LogP contribution in [-0.2, 0) is 21.2 Å². The Morgan fingerprint density at radius 1 is 1.22 bits per heavy atom. The van der Waals surface area contributed by atoms with E-state index in [0.717, 1.165) is 17.9 Å². The van der Waals surface area contributed by atoms with Gasteiger partial charge in [-0.25, -0.2) is 8.42 Å². The fraction of sp³-hybridized carbons (Fsp3) is 0.235. The summed E-state index contributed by atoms with van der Waals surface area (Å²) in [5.41, 5.74) is 0.423. The zero-order valence-corrected chi connectivity index (χ0v) is 15.6. The molecule has 144 valence electrons. The number of anilines is 1. The third kappa shape index (κ3) is 5.42. The van der Waals surface area contributed by atoms with Crippen LogP contribution in [0.2, 0.25) is 0 Å². The second-order valence-corrected chi connectivity index (χ2v) is 7.67. The number of nitro groups is 1. The van der Waals surface area contributed by atoms with Crippen molar-refractivity contribution in [3.8, 4) is 5.75 Å². The lowest BCUT2D eigenvalue weighted by molar-refractivity contribution is -0.384. The number of nitrogens with one attached hydrogen (secondary N) is 2. The van der Waals surface area contributed by atoms with Crippen LogP contribution in [0.3, 0.4) is 0 Å². The van der Waals surface area contributed by atoms with Crippen LogP contribution in [0.4, 0.5) is 11.4 Å². The van der Waals surface area contributed by atoms with Crippen molar-refractivity contribution in [2.75, 3.05) is 25.2 Å². The molecule has 2 N–H and O–H groups in total. The predicted molar refractivity (Wildman–Crippen MR) is 99.5 cm³/mol. The van der Waals surface area contributed by atoms with E-state index in [0.29, 0.717) is 5.75 Å². The number of carbonyl (C=O) groups excluding carboxylic acids is 1. The number of amides is 1. The first-order valence-corrected chi connectivity index (χ1v) is 9.72. The van der Waals surface area contributed by atoms with E-state index in [2.05, 4.69) is 10.6 Å². The monoisotopic (exact) mass is 393 g/mol. The van der Waals surface area contributed by atoms with Gasteiger partial charge in [0.2, 0.25) is 5.91 Å². The number of carbonyl (C=O) groups is 1. The first-order chi connectivity index (χ1) is 12.7. The molecule has 1 amide bonds. The van der Waals surface area contributed by atoms with Crippen molar-refractivity contribution >= 4 is 27.1 Å². The maximum atomic E-state index is 12.0. The highest BCUT2D eigenvalue weighted by Crippen LogP contribution is 2.27. The van der Waals surface area contributed by atoms with Gasteiger partial charge in [0.25, 0.3) is 5.69 Å². The summed E-state index contributed by atoms with van der Waals surface area (Å²) in [4.78, 5) is 22.3. The zero-order chi connectivity index (χ0) is 20.0. The summed E-state index contributed by atoms with van der Waals surface area (Å²) < 4.78 is 28.3. The number of rotatable bonds is 8. The maximum Gasteiger partial charge on any atom is 0.293 e. The molecule has 10 heteroatoms. The van der Waals surface area contributed by atoms with Crippen molar-refractivity contribution < 1.29 is 22.9 Å². The first kappa shape index (κ1) is 20.2. The highest BCUT2D eigenvalue weighted by Gasteiger charge is 2.19. The molecule has 27 heavy (non-hydrogen) atoms. The SMILES string of the molecule is COc1ccccc1CNC(=O)CNc1ccc(S(C)(=O)=O)cc1[N+](=O)[O-]. The molecular weight excluding hydrogens is 374 g/mol. The number of benzene rings is 2. The van der Waals surface area contributed by atoms with E-state index in [-0.39, 0.29) is 29.6 Å². The van der Waals surface area contributed by atoms with E-state index in [4.69, 9.17) is 4.74 Å². The molecule has 0 aliphatic heterocycles. The summed E-state index contributed by atoms with van der Waals surface area (Å²) in [5, 5.41) is 16.5. The summed E-state index contributed by atoms with van der Waals surface area (Å²) >= 11 is 0. The number of methoxy groups -OCH3 is 1. The second kappa shape index (κ2) is 8.49. The third-order valence-corrected chi connectivity index (χ3v) is 4.81. The molecule has 0 aliphatic carbocycles. The van der Waals surface area contributed by atoms with Crippen LogP contribution in [0.15, 0.2) is 47.4 Å². The smallest absolute Gasteiger partial charge is 0.293 e. The van der Waals surface area contributed by atoms with Gasteiger partial charge in [0.1, 0.15) is 11.4 Å². The molecule has 0 heterocycles. The van der Waals surface area contributed by atoms with Crippen molar-refractivity contribution in [2.24, 2.45) is 0 Å². The van der Waals surface area contributed by atoms with Crippen molar-refractivity contribution in [3.63, 3.8) is 0 Å². The highest BCUT2D eigenvalue weighted by atomic mass is 32.2. The minimum atomic E-state index is -3.58. The molecule has 2 aromatic rings. The molecule has 9 nitrogen and oxygen atoms in total. The summed E-state index contributed by atoms with van der Waals surface area (Å²) in [6.45, 7) is 0.0217. The van der Waals surface area contributed by atoms with Gasteiger partial charge >= 0.3 is 0 Å². The van der Waals surface area contributed by atoms with Gasteiger partial charge in [0.15, 0.2) is 9.84 Å². The fourth-order valence-electron chi connectivity index (χ4n) is 2.32. The molecule has 0 unspecified atom stereocenters. The second-order valence-electron chi connectivity index (χ2n) is 5.65. The Labute approximate surface area is 156 Å². The number of hydrogen-bond acceptors (Lipinski definition) is 7. The summed E-state index contributed by atoms with van der Waals surface area (Å²) in [7, 11) is -2.05. The molecule has 0 radical (unpaired) electrons. The van der Waals surface area contributed by atoms with Crippen LogP contribution in [-0.4, -0.2) is 39.2 Å². The molecule has 0 aromatic heterocycles. The Morgan fingerprint density at radius 2 is 1.93 bits per heavy atom. The number of sulfone groups is 1. The molecule has 0 fully saturated rings. The van der Waals surface area contributed by atoms with E-state index >= 15 is 0 Å². The van der Waals surface area contributed by atoms with E-state index < -0.39 is 20.4 Å². The van der Waals surface area contributed by atoms with Gasteiger partial charge in [-0.3, -0.25) is 14.9 Å². The van der Waals surface area contributed by atoms with Crippen LogP contribution in [0, 0.1) is 10.1 Å². The van der Waals surface area contributed by atoms with Gasteiger partial charge in [0, 0.05) is 24.4 Å². The number of nitro benzene ring substituents is 1. The van der Waals surface area contributed by atoms with Gasteiger partial charge in [-0.15, -0.1) is 0 Å². The number of hydrogen-bond donors (Lipinski definition) is 2. The Kier molecular flexibility index (Phi) is 6.35. The standard InChI is InChI=1S/C17H19N3O6S/c1-26-16-6-4-3-5-12(16)10-19-17(21)11-18-14-8-7-13(27(2,24)25)9-15(14)20(22)23/h3-9,18H,10-11H2,1-2H3,(H,19,21). The predicted octanol–water partition coefficient (Wildman–Crippen LogP) is 1.74. The summed E-state index contributed by atoms with van der Waals surface area (Å²) in [6, 6.07) is 10.7. The lowest BCUT2D eigenvalue weighted by Crippen LogP contribution is -2.29. The van der Waals surface area contributed by atoms with E-state index in [1.165, 1.54) is 19.2 Å². The highest BCUT2D eigenvalue weighted by molar-refractivity contribution is 7.90. The minimum Gasteiger partial charge on any atom is -0.496 e. The molecule has 2 rings (SSSR count). The third-order valence-electron chi connectivity index (χ3n) is 3.70. The molecule has 0 saturated heterocycles. The van der Waals surface area contributed by atoms with E-state index in [1.54, 1.807) is 12.1 Å². The van der Waals surface area contributed by atoms with Gasteiger partial charge in [-0.1, -0.05) is 18.2 Å². The Morgan fingerprint density at radius 3 is 2.56 bits per heavy atom. The molecule has 0 atom stereocenters. The minimum absolute atomic E-state index is 0.0554. The van der Waals surface area contributed by atoms with Crippen LogP contribution >= 0.6 is 0 Å². The topological polar surface area (TPSA) is 128 Å². The fourth-order valence-corrected chi connectivity index (χ4v) is 2.96. The lowest BCUT2D eigenvalue weighted by atomic mass is 10.2. The van der Waals surface area contributed by atoms with Crippen molar-refractivity contribution in [2.45, 2.75) is 11.4 Å². The molecule has 0 spiro atoms. The molecule has 0 saturated carbocycles. The zero-order valence-electron chi connectivity index (χ0n) is 14.8. The van der Waals surface area contributed by atoms with Gasteiger partial charge < -0.3 is 15.4 Å². The van der Waals surface area contributed by atoms with E-state index in [9.17, 15) is 23.3 Å². The quantitative estimate of drug-likeness (QED) is 0.516. The van der Waals surface area contributed by atoms with Crippen LogP contribution in [0.1, 0.15) is 5.56 Å². The normalized spacial score (nSPS) is 10.9. The molecular formula is C17H19N3O6S. The number of ether oxygens (including phenoxy) is 1. The Balaban J connectivity index is 2.03. The Hall–Kier alpha value is -3.14. The number of nitrogens with zero attached hydrogens (tertiary/aromatic N) is 1. The average molecular weight is 393 g/mol. The van der Waals surface area contributed by atoms with Crippen LogP contribution < -0.4 is 15.4 Å². The first-order valence-electron chi connectivity index (χ1n) is 7.83. The molecule has 2 aromatic carbocycles. The maximum absolute atomic E-state index is 12.0. The van der Waals surface area contributed by atoms with Crippen molar-refractivity contribution in [1.29, 1.82) is 0 Å². The lowest BCUT2D eigenvalue weighted by Gasteiger charge is -2.11. The van der Waals surface area contributed by atoms with Crippen molar-refractivity contribution in [1.82, 2.24) is 5.32 Å². The summed E-state index contributed by atoms with van der Waals surface area (Å²) in [6.07, 6.45) is 0.963. The van der Waals surface area contributed by atoms with Crippen LogP contribution in [0.25, 0.3) is 0 Å². The van der Waals surface area contributed by atoms with E-state index in [1.807, 2.05) is 12.1 Å². The van der Waals surface area contributed by atoms with Gasteiger partial charge in [-0.2, -0.15) is 0 Å². The molecule has 0 bridgehead atoms. The number of para-hydroxylation sites is 1. The summed E-state index contributed by atoms with van der Waals surface area (Å²) in [5.74, 6) is 0.250. The molecule has 0 aliphatic rings. The van der Waals surface area contributed by atoms with Gasteiger partial charge in [0.05, 0.1) is 23.5 Å². The Bertz CT molecular complexity index is 959. The van der Waals surface area contributed by atoms with Crippen molar-refractivity contribution in [3.05, 3.63) is 58.1 Å².